The monoisotopic (exact) mass is 559 g/mol. The molecule has 1 fully saturated rings. The molecule has 1 heterocycles. The average Bonchev–Trinajstić information content (AvgIpc) is 2.83. The molecule has 3 aromatic carbocycles. The second-order valence-corrected chi connectivity index (χ2v) is 10.1. The number of amides is 3. The fraction of sp³-hybridized carbons (Fsp3) is 0.222. The topological polar surface area (TPSA) is 90.0 Å². The van der Waals surface area contributed by atoms with Gasteiger partial charge in [-0.25, -0.2) is 4.79 Å². The number of hydrogen-bond donors (Lipinski definition) is 2. The van der Waals surface area contributed by atoms with E-state index in [0.717, 1.165) is 0 Å². The van der Waals surface area contributed by atoms with Gasteiger partial charge in [-0.05, 0) is 47.5 Å². The van der Waals surface area contributed by atoms with Crippen molar-refractivity contribution >= 4 is 58.4 Å². The van der Waals surface area contributed by atoms with Crippen LogP contribution in [0.2, 0.25) is 15.1 Å². The molecule has 3 amide bonds. The smallest absolute Gasteiger partial charge is 0.320 e. The number of rotatable bonds is 8. The van der Waals surface area contributed by atoms with Gasteiger partial charge in [0.1, 0.15) is 0 Å². The molecule has 10 heteroatoms. The van der Waals surface area contributed by atoms with Crippen molar-refractivity contribution in [2.24, 2.45) is 5.92 Å². The predicted molar refractivity (Wildman–Crippen MR) is 144 cm³/mol. The zero-order valence-electron chi connectivity index (χ0n) is 19.7. The fourth-order valence-electron chi connectivity index (χ4n) is 4.38. The lowest BCUT2D eigenvalue weighted by atomic mass is 9.99. The highest BCUT2D eigenvalue weighted by molar-refractivity contribution is 6.35. The molecule has 4 rings (SSSR count). The maximum absolute atomic E-state index is 13.5. The Bertz CT molecular complexity index is 1330. The van der Waals surface area contributed by atoms with Crippen molar-refractivity contribution in [3.05, 3.63) is 98.5 Å². The van der Waals surface area contributed by atoms with Crippen molar-refractivity contribution in [1.29, 1.82) is 0 Å². The SMILES string of the molecule is O=C(O)CC1CN(Cc2ccc(Cl)cc2Cl)C(=O)N(Cc2ccccc2C(=O)Nc2cccc(Cl)c2)C1. The van der Waals surface area contributed by atoms with Gasteiger partial charge in [-0.2, -0.15) is 0 Å². The minimum absolute atomic E-state index is 0.0917. The number of carboxylic acids is 1. The number of carboxylic acid groups (broad SMARTS) is 1. The summed E-state index contributed by atoms with van der Waals surface area (Å²) in [6.45, 7) is 0.870. The number of aliphatic carboxylic acids is 1. The standard InChI is InChI=1S/C27H24Cl3N3O4/c28-20-5-3-6-22(11-20)31-26(36)23-7-2-1-4-18(23)15-32-13-17(10-25(34)35)14-33(27(32)37)16-19-8-9-21(29)12-24(19)30/h1-9,11-12,17H,10,13-16H2,(H,31,36)(H,34,35). The molecule has 192 valence electrons. The van der Waals surface area contributed by atoms with Gasteiger partial charge in [0, 0.05) is 58.4 Å². The Balaban J connectivity index is 1.56. The van der Waals surface area contributed by atoms with Gasteiger partial charge >= 0.3 is 12.0 Å². The van der Waals surface area contributed by atoms with Crippen LogP contribution < -0.4 is 5.32 Å². The zero-order chi connectivity index (χ0) is 26.5. The number of benzene rings is 3. The third-order valence-corrected chi connectivity index (χ3v) is 6.87. The van der Waals surface area contributed by atoms with E-state index < -0.39 is 5.97 Å². The Kier molecular flexibility index (Phi) is 8.59. The summed E-state index contributed by atoms with van der Waals surface area (Å²) in [7, 11) is 0. The van der Waals surface area contributed by atoms with Crippen LogP contribution >= 0.6 is 34.8 Å². The lowest BCUT2D eigenvalue weighted by Crippen LogP contribution is -2.53. The van der Waals surface area contributed by atoms with Gasteiger partial charge in [-0.15, -0.1) is 0 Å². The van der Waals surface area contributed by atoms with Crippen LogP contribution in [0.15, 0.2) is 66.7 Å². The van der Waals surface area contributed by atoms with Crippen LogP contribution in [0.25, 0.3) is 0 Å². The van der Waals surface area contributed by atoms with E-state index in [0.29, 0.717) is 37.4 Å². The van der Waals surface area contributed by atoms with E-state index in [1.807, 2.05) is 0 Å². The Morgan fingerprint density at radius 1 is 0.865 bits per heavy atom. The first-order valence-electron chi connectivity index (χ1n) is 11.5. The molecule has 0 saturated carbocycles. The molecule has 0 aromatic heterocycles. The number of nitrogens with one attached hydrogen (secondary N) is 1. The fourth-order valence-corrected chi connectivity index (χ4v) is 5.04. The Labute approximate surface area is 229 Å². The van der Waals surface area contributed by atoms with Gasteiger partial charge < -0.3 is 20.2 Å². The third kappa shape index (κ3) is 6.95. The summed E-state index contributed by atoms with van der Waals surface area (Å²) in [4.78, 5) is 41.2. The van der Waals surface area contributed by atoms with Crippen LogP contribution in [-0.4, -0.2) is 45.9 Å². The lowest BCUT2D eigenvalue weighted by Gasteiger charge is -2.40. The molecule has 0 bridgehead atoms. The molecule has 0 spiro atoms. The molecule has 1 aliphatic heterocycles. The Morgan fingerprint density at radius 2 is 1.54 bits per heavy atom. The van der Waals surface area contributed by atoms with Crippen LogP contribution in [0.4, 0.5) is 10.5 Å². The first kappa shape index (κ1) is 26.8. The van der Waals surface area contributed by atoms with Crippen LogP contribution in [0, 0.1) is 5.92 Å². The van der Waals surface area contributed by atoms with Crippen molar-refractivity contribution in [3.8, 4) is 0 Å². The molecular weight excluding hydrogens is 537 g/mol. The minimum atomic E-state index is -0.940. The van der Waals surface area contributed by atoms with E-state index in [2.05, 4.69) is 5.32 Å². The van der Waals surface area contributed by atoms with Gasteiger partial charge in [0.15, 0.2) is 0 Å². The molecule has 0 aliphatic carbocycles. The van der Waals surface area contributed by atoms with Gasteiger partial charge in [0.2, 0.25) is 0 Å². The van der Waals surface area contributed by atoms with Crippen molar-refractivity contribution in [3.63, 3.8) is 0 Å². The highest BCUT2D eigenvalue weighted by atomic mass is 35.5. The molecule has 0 radical (unpaired) electrons. The minimum Gasteiger partial charge on any atom is -0.481 e. The van der Waals surface area contributed by atoms with Crippen LogP contribution in [0.5, 0.6) is 0 Å². The molecule has 1 atom stereocenters. The Hall–Kier alpha value is -3.26. The number of halogens is 3. The summed E-state index contributed by atoms with van der Waals surface area (Å²) in [6, 6.07) is 18.6. The quantitative estimate of drug-likeness (QED) is 0.332. The second kappa shape index (κ2) is 11.9. The normalized spacial score (nSPS) is 15.5. The number of carbonyl (C=O) groups excluding carboxylic acids is 2. The summed E-state index contributed by atoms with van der Waals surface area (Å²) in [5, 5.41) is 13.7. The number of carbonyl (C=O) groups is 3. The predicted octanol–water partition coefficient (Wildman–Crippen LogP) is 6.43. The summed E-state index contributed by atoms with van der Waals surface area (Å²) >= 11 is 18.4. The molecule has 3 aromatic rings. The second-order valence-electron chi connectivity index (χ2n) is 8.86. The highest BCUT2D eigenvalue weighted by Gasteiger charge is 2.33. The first-order chi connectivity index (χ1) is 17.7. The van der Waals surface area contributed by atoms with Crippen molar-refractivity contribution in [2.45, 2.75) is 19.5 Å². The molecule has 2 N–H and O–H groups in total. The zero-order valence-corrected chi connectivity index (χ0v) is 21.9. The summed E-state index contributed by atoms with van der Waals surface area (Å²) in [6.07, 6.45) is -0.0917. The number of nitrogens with zero attached hydrogens (tertiary/aromatic N) is 2. The van der Waals surface area contributed by atoms with E-state index >= 15 is 0 Å². The van der Waals surface area contributed by atoms with Gasteiger partial charge in [-0.3, -0.25) is 9.59 Å². The largest absolute Gasteiger partial charge is 0.481 e. The molecular formula is C27H24Cl3N3O4. The molecule has 37 heavy (non-hydrogen) atoms. The number of anilines is 1. The first-order valence-corrected chi connectivity index (χ1v) is 12.7. The molecule has 1 unspecified atom stereocenters. The van der Waals surface area contributed by atoms with Crippen LogP contribution in [0.1, 0.15) is 27.9 Å². The molecule has 1 aliphatic rings. The summed E-state index contributed by atoms with van der Waals surface area (Å²) < 4.78 is 0. The average molecular weight is 561 g/mol. The Morgan fingerprint density at radius 3 is 2.22 bits per heavy atom. The van der Waals surface area contributed by atoms with Gasteiger partial charge in [-0.1, -0.05) is 65.1 Å². The van der Waals surface area contributed by atoms with Crippen molar-refractivity contribution in [1.82, 2.24) is 9.80 Å². The third-order valence-electron chi connectivity index (χ3n) is 6.04. The van der Waals surface area contributed by atoms with Gasteiger partial charge in [0.25, 0.3) is 5.91 Å². The van der Waals surface area contributed by atoms with E-state index in [9.17, 15) is 19.5 Å². The van der Waals surface area contributed by atoms with E-state index in [-0.39, 0.29) is 50.5 Å². The van der Waals surface area contributed by atoms with E-state index in [1.165, 1.54) is 0 Å². The lowest BCUT2D eigenvalue weighted by molar-refractivity contribution is -0.138. The molecule has 1 saturated heterocycles. The van der Waals surface area contributed by atoms with Gasteiger partial charge in [0.05, 0.1) is 6.42 Å². The van der Waals surface area contributed by atoms with Crippen molar-refractivity contribution in [2.75, 3.05) is 18.4 Å². The maximum atomic E-state index is 13.5. The molecule has 7 nitrogen and oxygen atoms in total. The van der Waals surface area contributed by atoms with E-state index in [1.54, 1.807) is 76.5 Å². The van der Waals surface area contributed by atoms with Crippen LogP contribution in [-0.2, 0) is 17.9 Å². The summed E-state index contributed by atoms with van der Waals surface area (Å²) in [5.74, 6) is -1.58. The highest BCUT2D eigenvalue weighted by Crippen LogP contribution is 2.27. The maximum Gasteiger partial charge on any atom is 0.320 e. The number of urea groups is 1. The van der Waals surface area contributed by atoms with Crippen LogP contribution in [0.3, 0.4) is 0 Å². The summed E-state index contributed by atoms with van der Waals surface area (Å²) in [5.41, 5.74) is 2.30. The number of hydrogen-bond acceptors (Lipinski definition) is 3. The van der Waals surface area contributed by atoms with Crippen molar-refractivity contribution < 1.29 is 19.5 Å². The van der Waals surface area contributed by atoms with E-state index in [4.69, 9.17) is 34.8 Å².